The monoisotopic (exact) mass is 394 g/mol. The highest BCUT2D eigenvalue weighted by molar-refractivity contribution is 5.95. The van der Waals surface area contributed by atoms with Crippen LogP contribution in [-0.4, -0.2) is 28.5 Å². The molecule has 3 aromatic rings. The standard InChI is InChI=1S/C23H23FN2O3/c24-18-4-1-3-17(13-18)16-6-8-19(9-7-16)25-23(28)22-5-2-12-26(22)14-20-10-11-21(15-27)29-20/h1,3-4,6-11,13,22,27H,2,5,12,14-15H2,(H,25,28)/t22-/m0/s1. The SMILES string of the molecule is O=C(Nc1ccc(-c2cccc(F)c2)cc1)[C@@H]1CCCN1Cc1ccc(CO)o1. The van der Waals surface area contributed by atoms with Crippen molar-refractivity contribution in [1.82, 2.24) is 4.90 Å². The Labute approximate surface area is 168 Å². The molecular weight excluding hydrogens is 371 g/mol. The lowest BCUT2D eigenvalue weighted by Gasteiger charge is -2.22. The molecule has 5 nitrogen and oxygen atoms in total. The number of rotatable bonds is 6. The predicted molar refractivity (Wildman–Crippen MR) is 109 cm³/mol. The summed E-state index contributed by atoms with van der Waals surface area (Å²) in [4.78, 5) is 14.9. The molecule has 1 atom stereocenters. The first-order valence-corrected chi connectivity index (χ1v) is 9.72. The number of nitrogens with one attached hydrogen (secondary N) is 1. The first-order valence-electron chi connectivity index (χ1n) is 9.72. The van der Waals surface area contributed by atoms with Crippen molar-refractivity contribution in [2.75, 3.05) is 11.9 Å². The smallest absolute Gasteiger partial charge is 0.241 e. The third-order valence-electron chi connectivity index (χ3n) is 5.21. The summed E-state index contributed by atoms with van der Waals surface area (Å²) >= 11 is 0. The average molecular weight is 394 g/mol. The van der Waals surface area contributed by atoms with Gasteiger partial charge in [0, 0.05) is 5.69 Å². The van der Waals surface area contributed by atoms with Crippen molar-refractivity contribution in [3.63, 3.8) is 0 Å². The molecule has 1 amide bonds. The van der Waals surface area contributed by atoms with Gasteiger partial charge in [0.15, 0.2) is 0 Å². The minimum Gasteiger partial charge on any atom is -0.462 e. The third kappa shape index (κ3) is 4.55. The molecule has 2 N–H and O–H groups in total. The van der Waals surface area contributed by atoms with Crippen molar-refractivity contribution >= 4 is 11.6 Å². The Balaban J connectivity index is 1.40. The quantitative estimate of drug-likeness (QED) is 0.658. The van der Waals surface area contributed by atoms with Crippen LogP contribution in [0.3, 0.4) is 0 Å². The molecule has 6 heteroatoms. The Bertz CT molecular complexity index is 984. The molecule has 1 aliphatic heterocycles. The van der Waals surface area contributed by atoms with Gasteiger partial charge in [-0.1, -0.05) is 24.3 Å². The maximum atomic E-state index is 13.4. The van der Waals surface area contributed by atoms with Crippen LogP contribution in [0.1, 0.15) is 24.4 Å². The van der Waals surface area contributed by atoms with Crippen LogP contribution in [0.4, 0.5) is 10.1 Å². The number of anilines is 1. The molecule has 0 bridgehead atoms. The highest BCUT2D eigenvalue weighted by atomic mass is 19.1. The largest absolute Gasteiger partial charge is 0.462 e. The van der Waals surface area contributed by atoms with Crippen LogP contribution in [0.15, 0.2) is 65.1 Å². The van der Waals surface area contributed by atoms with Crippen molar-refractivity contribution in [1.29, 1.82) is 0 Å². The summed E-state index contributed by atoms with van der Waals surface area (Å²) in [5.74, 6) is 0.950. The van der Waals surface area contributed by atoms with Gasteiger partial charge in [-0.15, -0.1) is 0 Å². The van der Waals surface area contributed by atoms with Gasteiger partial charge in [0.25, 0.3) is 0 Å². The molecule has 0 saturated carbocycles. The molecule has 1 fully saturated rings. The van der Waals surface area contributed by atoms with Crippen LogP contribution >= 0.6 is 0 Å². The maximum absolute atomic E-state index is 13.4. The summed E-state index contributed by atoms with van der Waals surface area (Å²) in [5, 5.41) is 12.1. The van der Waals surface area contributed by atoms with Crippen LogP contribution in [0.5, 0.6) is 0 Å². The summed E-state index contributed by atoms with van der Waals surface area (Å²) in [6.07, 6.45) is 1.74. The van der Waals surface area contributed by atoms with Gasteiger partial charge in [-0.2, -0.15) is 0 Å². The van der Waals surface area contributed by atoms with Crippen LogP contribution in [0, 0.1) is 5.82 Å². The Hall–Kier alpha value is -2.96. The van der Waals surface area contributed by atoms with E-state index in [2.05, 4.69) is 10.2 Å². The van der Waals surface area contributed by atoms with E-state index in [1.807, 2.05) is 36.4 Å². The van der Waals surface area contributed by atoms with Gasteiger partial charge >= 0.3 is 0 Å². The van der Waals surface area contributed by atoms with Gasteiger partial charge in [0.05, 0.1) is 12.6 Å². The first-order chi connectivity index (χ1) is 14.1. The second-order valence-electron chi connectivity index (χ2n) is 7.23. The average Bonchev–Trinajstić information content (AvgIpc) is 3.38. The number of amides is 1. The second-order valence-corrected chi connectivity index (χ2v) is 7.23. The lowest BCUT2D eigenvalue weighted by Crippen LogP contribution is -2.39. The fraction of sp³-hybridized carbons (Fsp3) is 0.261. The number of hydrogen-bond donors (Lipinski definition) is 2. The topological polar surface area (TPSA) is 65.7 Å². The lowest BCUT2D eigenvalue weighted by atomic mass is 10.1. The normalized spacial score (nSPS) is 16.8. The fourth-order valence-electron chi connectivity index (χ4n) is 3.74. The number of furan rings is 1. The second kappa shape index (κ2) is 8.59. The summed E-state index contributed by atoms with van der Waals surface area (Å²) in [6, 6.07) is 17.2. The van der Waals surface area contributed by atoms with E-state index < -0.39 is 0 Å². The molecule has 0 aliphatic carbocycles. The van der Waals surface area contributed by atoms with E-state index in [1.54, 1.807) is 12.1 Å². The molecule has 1 aromatic heterocycles. The number of nitrogens with zero attached hydrogens (tertiary/aromatic N) is 1. The predicted octanol–water partition coefficient (Wildman–Crippen LogP) is 4.18. The van der Waals surface area contributed by atoms with E-state index >= 15 is 0 Å². The Morgan fingerprint density at radius 2 is 1.90 bits per heavy atom. The Morgan fingerprint density at radius 3 is 2.62 bits per heavy atom. The van der Waals surface area contributed by atoms with Crippen molar-refractivity contribution in [2.24, 2.45) is 0 Å². The molecule has 0 radical (unpaired) electrons. The summed E-state index contributed by atoms with van der Waals surface area (Å²) in [5.41, 5.74) is 2.40. The molecule has 2 heterocycles. The number of hydrogen-bond acceptors (Lipinski definition) is 4. The maximum Gasteiger partial charge on any atom is 0.241 e. The van der Waals surface area contributed by atoms with E-state index in [0.29, 0.717) is 18.0 Å². The van der Waals surface area contributed by atoms with Gasteiger partial charge in [-0.3, -0.25) is 9.69 Å². The lowest BCUT2D eigenvalue weighted by molar-refractivity contribution is -0.120. The molecule has 1 saturated heterocycles. The number of aliphatic hydroxyl groups is 1. The molecule has 0 spiro atoms. The fourth-order valence-corrected chi connectivity index (χ4v) is 3.74. The number of carbonyl (C=O) groups excluding carboxylic acids is 1. The third-order valence-corrected chi connectivity index (χ3v) is 5.21. The van der Waals surface area contributed by atoms with Gasteiger partial charge in [-0.25, -0.2) is 4.39 Å². The zero-order valence-corrected chi connectivity index (χ0v) is 16.0. The van der Waals surface area contributed by atoms with E-state index in [9.17, 15) is 9.18 Å². The number of carbonyl (C=O) groups is 1. The summed E-state index contributed by atoms with van der Waals surface area (Å²) in [6.45, 7) is 1.23. The highest BCUT2D eigenvalue weighted by Gasteiger charge is 2.31. The van der Waals surface area contributed by atoms with Gasteiger partial charge in [-0.05, 0) is 66.9 Å². The molecule has 0 unspecified atom stereocenters. The number of halogens is 1. The highest BCUT2D eigenvalue weighted by Crippen LogP contribution is 2.25. The summed E-state index contributed by atoms with van der Waals surface area (Å²) in [7, 11) is 0. The van der Waals surface area contributed by atoms with Crippen molar-refractivity contribution in [3.8, 4) is 11.1 Å². The minimum atomic E-state index is -0.274. The van der Waals surface area contributed by atoms with E-state index in [-0.39, 0.29) is 24.4 Å². The summed E-state index contributed by atoms with van der Waals surface area (Å²) < 4.78 is 19.0. The first kappa shape index (κ1) is 19.4. The van der Waals surface area contributed by atoms with Crippen molar-refractivity contribution < 1.29 is 18.7 Å². The van der Waals surface area contributed by atoms with E-state index in [0.717, 1.165) is 36.3 Å². The number of aliphatic hydroxyl groups excluding tert-OH is 1. The van der Waals surface area contributed by atoms with E-state index in [4.69, 9.17) is 9.52 Å². The van der Waals surface area contributed by atoms with Crippen molar-refractivity contribution in [3.05, 3.63) is 78.0 Å². The van der Waals surface area contributed by atoms with Crippen molar-refractivity contribution in [2.45, 2.75) is 32.0 Å². The Morgan fingerprint density at radius 1 is 1.10 bits per heavy atom. The molecule has 4 rings (SSSR count). The van der Waals surface area contributed by atoms with Gasteiger partial charge in [0.1, 0.15) is 23.9 Å². The minimum absolute atomic E-state index is 0.0463. The van der Waals surface area contributed by atoms with Crippen LogP contribution in [0.25, 0.3) is 11.1 Å². The zero-order valence-electron chi connectivity index (χ0n) is 16.0. The van der Waals surface area contributed by atoms with E-state index in [1.165, 1.54) is 12.1 Å². The van der Waals surface area contributed by atoms with Crippen LogP contribution in [-0.2, 0) is 17.9 Å². The molecule has 150 valence electrons. The van der Waals surface area contributed by atoms with Gasteiger partial charge in [0.2, 0.25) is 5.91 Å². The number of likely N-dealkylation sites (tertiary alicyclic amines) is 1. The molecule has 2 aromatic carbocycles. The number of benzene rings is 2. The molecule has 29 heavy (non-hydrogen) atoms. The van der Waals surface area contributed by atoms with Crippen LogP contribution in [0.2, 0.25) is 0 Å². The Kier molecular flexibility index (Phi) is 5.74. The molecular formula is C23H23FN2O3. The van der Waals surface area contributed by atoms with Crippen LogP contribution < -0.4 is 5.32 Å². The zero-order chi connectivity index (χ0) is 20.2. The van der Waals surface area contributed by atoms with Gasteiger partial charge < -0.3 is 14.8 Å². The molecule has 1 aliphatic rings.